The molecule has 98 valence electrons. The van der Waals surface area contributed by atoms with E-state index in [1.807, 2.05) is 0 Å². The minimum atomic E-state index is -1.37. The number of alkyl halides is 1. The fourth-order valence-corrected chi connectivity index (χ4v) is 3.12. The van der Waals surface area contributed by atoms with Crippen LogP contribution in [0.25, 0.3) is 11.3 Å². The number of benzene rings is 1. The number of ether oxygens (including phenoxy) is 1. The Labute approximate surface area is 120 Å². The molecule has 1 aliphatic rings. The van der Waals surface area contributed by atoms with Gasteiger partial charge in [0.05, 0.1) is 10.6 Å². The van der Waals surface area contributed by atoms with Crippen LogP contribution in [0.15, 0.2) is 22.7 Å². The Balaban J connectivity index is 2.25. The van der Waals surface area contributed by atoms with Crippen LogP contribution in [0.4, 0.5) is 4.39 Å². The van der Waals surface area contributed by atoms with E-state index in [4.69, 9.17) is 9.84 Å². The Bertz CT molecular complexity index is 673. The molecule has 0 saturated carbocycles. The zero-order valence-corrected chi connectivity index (χ0v) is 11.8. The molecular formula is C12H7BrFNO3S. The van der Waals surface area contributed by atoms with Crippen molar-refractivity contribution in [1.29, 1.82) is 0 Å². The lowest BCUT2D eigenvalue weighted by atomic mass is 10.1. The Kier molecular flexibility index (Phi) is 3.02. The number of halogens is 2. The summed E-state index contributed by atoms with van der Waals surface area (Å²) in [5, 5.41) is 8.87. The summed E-state index contributed by atoms with van der Waals surface area (Å²) < 4.78 is 20.2. The summed E-state index contributed by atoms with van der Waals surface area (Å²) in [5.74, 6) is -0.644. The summed E-state index contributed by atoms with van der Waals surface area (Å²) in [6, 6.07) is 5.24. The molecule has 0 bridgehead atoms. The van der Waals surface area contributed by atoms with Crippen molar-refractivity contribution in [1.82, 2.24) is 4.98 Å². The largest absolute Gasteiger partial charge is 0.489 e. The highest BCUT2D eigenvalue weighted by molar-refractivity contribution is 9.10. The lowest BCUT2D eigenvalue weighted by molar-refractivity contribution is 0.0696. The third kappa shape index (κ3) is 2.12. The Hall–Kier alpha value is -1.47. The molecule has 1 N–H and O–H groups in total. The van der Waals surface area contributed by atoms with Crippen LogP contribution in [0.5, 0.6) is 5.75 Å². The normalized spacial score (nSPS) is 17.1. The van der Waals surface area contributed by atoms with E-state index in [-0.39, 0.29) is 11.6 Å². The van der Waals surface area contributed by atoms with Crippen molar-refractivity contribution in [2.24, 2.45) is 0 Å². The fourth-order valence-electron chi connectivity index (χ4n) is 1.88. The number of thiazole rings is 1. The molecule has 1 aliphatic heterocycles. The predicted molar refractivity (Wildman–Crippen MR) is 71.6 cm³/mol. The van der Waals surface area contributed by atoms with Crippen molar-refractivity contribution in [3.05, 3.63) is 32.6 Å². The SMILES string of the molecule is O=C(O)c1nc2c(s1)C(F)COc1ccc(Br)cc1-2. The van der Waals surface area contributed by atoms with E-state index in [1.165, 1.54) is 0 Å². The van der Waals surface area contributed by atoms with Crippen LogP contribution < -0.4 is 4.74 Å². The van der Waals surface area contributed by atoms with Gasteiger partial charge in [-0.25, -0.2) is 14.2 Å². The summed E-state index contributed by atoms with van der Waals surface area (Å²) in [4.78, 5) is 15.3. The first-order chi connectivity index (χ1) is 9.06. The monoisotopic (exact) mass is 343 g/mol. The molecule has 0 saturated heterocycles. The van der Waals surface area contributed by atoms with Crippen LogP contribution in [-0.2, 0) is 0 Å². The van der Waals surface area contributed by atoms with Gasteiger partial charge in [0.25, 0.3) is 0 Å². The van der Waals surface area contributed by atoms with Crippen LogP contribution in [0, 0.1) is 0 Å². The molecule has 1 aromatic heterocycles. The van der Waals surface area contributed by atoms with E-state index in [0.29, 0.717) is 21.9 Å². The van der Waals surface area contributed by atoms with Crippen molar-refractivity contribution < 1.29 is 19.0 Å². The van der Waals surface area contributed by atoms with Crippen LogP contribution in [-0.4, -0.2) is 22.7 Å². The number of carboxylic acids is 1. The fraction of sp³-hybridized carbons (Fsp3) is 0.167. The highest BCUT2D eigenvalue weighted by Gasteiger charge is 2.29. The number of rotatable bonds is 1. The molecule has 19 heavy (non-hydrogen) atoms. The standard InChI is InChI=1S/C12H7BrFNO3S/c13-5-1-2-8-6(3-5)9-10(7(14)4-18-8)19-11(15-9)12(16)17/h1-3,7H,4H2,(H,16,17). The number of carbonyl (C=O) groups is 1. The second-order valence-corrected chi connectivity index (χ2v) is 5.90. The molecule has 0 fully saturated rings. The predicted octanol–water partition coefficient (Wildman–Crippen LogP) is 3.67. The van der Waals surface area contributed by atoms with Gasteiger partial charge in [-0.1, -0.05) is 15.9 Å². The summed E-state index contributed by atoms with van der Waals surface area (Å²) in [5.41, 5.74) is 0.956. The number of hydrogen-bond acceptors (Lipinski definition) is 4. The second-order valence-electron chi connectivity index (χ2n) is 3.96. The number of aromatic carboxylic acids is 1. The zero-order valence-electron chi connectivity index (χ0n) is 9.39. The molecule has 3 rings (SSSR count). The van der Waals surface area contributed by atoms with Gasteiger partial charge in [0.15, 0.2) is 6.17 Å². The quantitative estimate of drug-likeness (QED) is 0.858. The van der Waals surface area contributed by atoms with Gasteiger partial charge in [-0.3, -0.25) is 0 Å². The highest BCUT2D eigenvalue weighted by Crippen LogP contribution is 2.43. The van der Waals surface area contributed by atoms with Gasteiger partial charge in [-0.15, -0.1) is 11.3 Å². The number of carboxylic acid groups (broad SMARTS) is 1. The molecule has 0 radical (unpaired) electrons. The topological polar surface area (TPSA) is 59.4 Å². The van der Waals surface area contributed by atoms with Crippen molar-refractivity contribution >= 4 is 33.2 Å². The highest BCUT2D eigenvalue weighted by atomic mass is 79.9. The van der Waals surface area contributed by atoms with Crippen LogP contribution >= 0.6 is 27.3 Å². The Morgan fingerprint density at radius 1 is 1.58 bits per heavy atom. The zero-order chi connectivity index (χ0) is 13.6. The van der Waals surface area contributed by atoms with Crippen LogP contribution in [0.1, 0.15) is 20.9 Å². The molecule has 4 nitrogen and oxygen atoms in total. The second kappa shape index (κ2) is 4.57. The summed E-state index contributed by atoms with van der Waals surface area (Å²) in [6.45, 7) is -0.136. The molecule has 0 spiro atoms. The number of aromatic nitrogens is 1. The van der Waals surface area contributed by atoms with Gasteiger partial charge in [-0.2, -0.15) is 0 Å². The average Bonchev–Trinajstić information content (AvgIpc) is 2.77. The molecule has 1 aromatic carbocycles. The van der Waals surface area contributed by atoms with E-state index in [0.717, 1.165) is 15.8 Å². The average molecular weight is 344 g/mol. The minimum absolute atomic E-state index is 0.111. The van der Waals surface area contributed by atoms with Crippen molar-refractivity contribution in [2.45, 2.75) is 6.17 Å². The lowest BCUT2D eigenvalue weighted by Crippen LogP contribution is -2.02. The minimum Gasteiger partial charge on any atom is -0.489 e. The molecule has 2 heterocycles. The lowest BCUT2D eigenvalue weighted by Gasteiger charge is -2.07. The van der Waals surface area contributed by atoms with E-state index >= 15 is 0 Å². The third-order valence-electron chi connectivity index (χ3n) is 2.70. The number of nitrogens with zero attached hydrogens (tertiary/aromatic N) is 1. The number of fused-ring (bicyclic) bond motifs is 3. The first-order valence-electron chi connectivity index (χ1n) is 5.37. The Morgan fingerprint density at radius 3 is 3.11 bits per heavy atom. The third-order valence-corrected chi connectivity index (χ3v) is 4.32. The maximum atomic E-state index is 14.0. The molecule has 2 aromatic rings. The van der Waals surface area contributed by atoms with E-state index < -0.39 is 12.1 Å². The molecule has 1 atom stereocenters. The molecule has 0 amide bonds. The summed E-state index contributed by atoms with van der Waals surface area (Å²) >= 11 is 4.18. The van der Waals surface area contributed by atoms with Gasteiger partial charge >= 0.3 is 5.97 Å². The van der Waals surface area contributed by atoms with E-state index in [9.17, 15) is 9.18 Å². The molecular weight excluding hydrogens is 337 g/mol. The first-order valence-corrected chi connectivity index (χ1v) is 6.98. The molecule has 0 aliphatic carbocycles. The van der Waals surface area contributed by atoms with Gasteiger partial charge in [0.1, 0.15) is 12.4 Å². The van der Waals surface area contributed by atoms with Crippen molar-refractivity contribution in [2.75, 3.05) is 6.61 Å². The van der Waals surface area contributed by atoms with Crippen LogP contribution in [0.2, 0.25) is 0 Å². The first kappa shape index (κ1) is 12.6. The van der Waals surface area contributed by atoms with Crippen molar-refractivity contribution in [3.63, 3.8) is 0 Å². The van der Waals surface area contributed by atoms with Crippen molar-refractivity contribution in [3.8, 4) is 17.0 Å². The molecule has 1 unspecified atom stereocenters. The Morgan fingerprint density at radius 2 is 2.37 bits per heavy atom. The molecule has 7 heteroatoms. The number of hydrogen-bond donors (Lipinski definition) is 1. The van der Waals surface area contributed by atoms with E-state index in [1.54, 1.807) is 18.2 Å². The smallest absolute Gasteiger partial charge is 0.365 e. The van der Waals surface area contributed by atoms with Gasteiger partial charge in [-0.05, 0) is 18.2 Å². The van der Waals surface area contributed by atoms with E-state index in [2.05, 4.69) is 20.9 Å². The summed E-state index contributed by atoms with van der Waals surface area (Å²) in [6.07, 6.45) is -1.37. The van der Waals surface area contributed by atoms with Gasteiger partial charge < -0.3 is 9.84 Å². The maximum absolute atomic E-state index is 14.0. The van der Waals surface area contributed by atoms with Gasteiger partial charge in [0, 0.05) is 10.0 Å². The summed E-state index contributed by atoms with van der Waals surface area (Å²) in [7, 11) is 0. The van der Waals surface area contributed by atoms with Gasteiger partial charge in [0.2, 0.25) is 5.01 Å². The van der Waals surface area contributed by atoms with Crippen LogP contribution in [0.3, 0.4) is 0 Å². The maximum Gasteiger partial charge on any atom is 0.365 e.